The van der Waals surface area contributed by atoms with Crippen molar-refractivity contribution in [1.29, 1.82) is 0 Å². The Morgan fingerprint density at radius 1 is 1.08 bits per heavy atom. The van der Waals surface area contributed by atoms with Crippen LogP contribution in [-0.4, -0.2) is 50.2 Å². The molecular formula is C18H30ClNO4. The van der Waals surface area contributed by atoms with Gasteiger partial charge in [0.15, 0.2) is 0 Å². The molecular weight excluding hydrogens is 330 g/mol. The van der Waals surface area contributed by atoms with Gasteiger partial charge in [-0.1, -0.05) is 13.8 Å². The molecule has 1 atom stereocenters. The number of hydrogen-bond acceptors (Lipinski definition) is 5. The largest absolute Gasteiger partial charge is 0.491 e. The van der Waals surface area contributed by atoms with Gasteiger partial charge in [0, 0.05) is 19.2 Å². The summed E-state index contributed by atoms with van der Waals surface area (Å²) in [5.74, 6) is 2.32. The van der Waals surface area contributed by atoms with Gasteiger partial charge in [0.25, 0.3) is 0 Å². The Balaban J connectivity index is 0.00000288. The molecule has 0 aliphatic heterocycles. The molecule has 5 nitrogen and oxygen atoms in total. The number of ether oxygens (including phenoxy) is 3. The fourth-order valence-electron chi connectivity index (χ4n) is 2.01. The van der Waals surface area contributed by atoms with Crippen molar-refractivity contribution >= 4 is 12.4 Å². The van der Waals surface area contributed by atoms with E-state index in [0.717, 1.165) is 24.0 Å². The van der Waals surface area contributed by atoms with E-state index in [4.69, 9.17) is 14.2 Å². The van der Waals surface area contributed by atoms with Crippen LogP contribution < -0.4 is 14.8 Å². The van der Waals surface area contributed by atoms with Crippen molar-refractivity contribution < 1.29 is 19.3 Å². The lowest BCUT2D eigenvalue weighted by atomic mass is 10.3. The van der Waals surface area contributed by atoms with Crippen LogP contribution in [0.4, 0.5) is 0 Å². The van der Waals surface area contributed by atoms with Gasteiger partial charge < -0.3 is 24.6 Å². The topological polar surface area (TPSA) is 60.0 Å². The Hall–Kier alpha value is -1.01. The summed E-state index contributed by atoms with van der Waals surface area (Å²) < 4.78 is 16.7. The molecule has 1 aromatic rings. The number of rotatable bonds is 12. The predicted molar refractivity (Wildman–Crippen MR) is 97.4 cm³/mol. The summed E-state index contributed by atoms with van der Waals surface area (Å²) >= 11 is 0. The summed E-state index contributed by atoms with van der Waals surface area (Å²) in [4.78, 5) is 0. The number of benzene rings is 1. The Kier molecular flexibility index (Phi) is 10.1. The zero-order valence-electron chi connectivity index (χ0n) is 14.6. The molecule has 138 valence electrons. The zero-order chi connectivity index (χ0) is 16.5. The first kappa shape index (κ1) is 21.0. The Morgan fingerprint density at radius 2 is 1.71 bits per heavy atom. The molecule has 1 aliphatic rings. The first-order valence-electron chi connectivity index (χ1n) is 8.48. The normalized spacial score (nSPS) is 15.0. The van der Waals surface area contributed by atoms with Crippen LogP contribution in [0.25, 0.3) is 0 Å². The highest BCUT2D eigenvalue weighted by Gasteiger charge is 2.20. The van der Waals surface area contributed by atoms with Crippen LogP contribution >= 0.6 is 12.4 Å². The molecule has 0 radical (unpaired) electrons. The predicted octanol–water partition coefficient (Wildman–Crippen LogP) is 2.65. The van der Waals surface area contributed by atoms with Crippen molar-refractivity contribution in [2.45, 2.75) is 38.8 Å². The fraction of sp³-hybridized carbons (Fsp3) is 0.667. The van der Waals surface area contributed by atoms with Crippen LogP contribution in [0, 0.1) is 5.92 Å². The minimum absolute atomic E-state index is 0. The van der Waals surface area contributed by atoms with Gasteiger partial charge in [-0.05, 0) is 43.0 Å². The molecule has 0 saturated heterocycles. The van der Waals surface area contributed by atoms with Crippen LogP contribution in [0.1, 0.15) is 26.7 Å². The van der Waals surface area contributed by atoms with Crippen LogP contribution in [0.3, 0.4) is 0 Å². The Morgan fingerprint density at radius 3 is 2.29 bits per heavy atom. The second-order valence-electron chi connectivity index (χ2n) is 6.37. The summed E-state index contributed by atoms with van der Waals surface area (Å²) in [6.07, 6.45) is 2.10. The highest BCUT2D eigenvalue weighted by atomic mass is 35.5. The molecule has 0 heterocycles. The highest BCUT2D eigenvalue weighted by molar-refractivity contribution is 5.85. The lowest BCUT2D eigenvalue weighted by Crippen LogP contribution is -2.35. The molecule has 0 aromatic heterocycles. The van der Waals surface area contributed by atoms with Gasteiger partial charge in [0.2, 0.25) is 0 Å². The average molecular weight is 360 g/mol. The molecule has 1 saturated carbocycles. The van der Waals surface area contributed by atoms with E-state index in [1.807, 2.05) is 38.1 Å². The molecule has 0 spiro atoms. The van der Waals surface area contributed by atoms with E-state index >= 15 is 0 Å². The number of aliphatic hydroxyl groups excluding tert-OH is 1. The van der Waals surface area contributed by atoms with Crippen molar-refractivity contribution in [2.24, 2.45) is 5.92 Å². The third-order valence-electron chi connectivity index (χ3n) is 3.57. The molecule has 2 N–H and O–H groups in total. The van der Waals surface area contributed by atoms with E-state index in [1.54, 1.807) is 0 Å². The van der Waals surface area contributed by atoms with Gasteiger partial charge in [-0.2, -0.15) is 0 Å². The van der Waals surface area contributed by atoms with Crippen molar-refractivity contribution in [3.63, 3.8) is 0 Å². The van der Waals surface area contributed by atoms with E-state index in [2.05, 4.69) is 5.32 Å². The molecule has 1 fully saturated rings. The minimum Gasteiger partial charge on any atom is -0.491 e. The molecule has 6 heteroatoms. The number of aliphatic hydroxyl groups is 1. The highest BCUT2D eigenvalue weighted by Crippen LogP contribution is 2.28. The third kappa shape index (κ3) is 9.33. The van der Waals surface area contributed by atoms with E-state index in [1.165, 1.54) is 12.8 Å². The Bertz CT molecular complexity index is 437. The smallest absolute Gasteiger partial charge is 0.119 e. The number of nitrogens with one attached hydrogen (secondary N) is 1. The summed E-state index contributed by atoms with van der Waals surface area (Å²) in [6.45, 7) is 6.95. The molecule has 2 rings (SSSR count). The van der Waals surface area contributed by atoms with Crippen LogP contribution in [0.5, 0.6) is 11.5 Å². The van der Waals surface area contributed by atoms with Crippen molar-refractivity contribution in [1.82, 2.24) is 5.32 Å². The van der Waals surface area contributed by atoms with Crippen molar-refractivity contribution in [3.8, 4) is 11.5 Å². The molecule has 0 amide bonds. The molecule has 1 unspecified atom stereocenters. The summed E-state index contributed by atoms with van der Waals surface area (Å²) in [5.41, 5.74) is 0. The quantitative estimate of drug-likeness (QED) is 0.562. The average Bonchev–Trinajstić information content (AvgIpc) is 3.36. The van der Waals surface area contributed by atoms with Gasteiger partial charge >= 0.3 is 0 Å². The van der Waals surface area contributed by atoms with Crippen LogP contribution in [-0.2, 0) is 4.74 Å². The number of halogens is 1. The SMILES string of the molecule is CC(C)NCC(O)COc1ccc(OCCOCC2CC2)cc1.Cl. The van der Waals surface area contributed by atoms with E-state index < -0.39 is 6.10 Å². The standard InChI is InChI=1S/C18H29NO4.ClH/c1-14(2)19-11-16(20)13-23-18-7-5-17(6-8-18)22-10-9-21-12-15-3-4-15;/h5-8,14-16,19-20H,3-4,9-13H2,1-2H3;1H. The van der Waals surface area contributed by atoms with E-state index in [-0.39, 0.29) is 19.0 Å². The van der Waals surface area contributed by atoms with E-state index in [0.29, 0.717) is 25.8 Å². The second-order valence-corrected chi connectivity index (χ2v) is 6.37. The Labute approximate surface area is 151 Å². The van der Waals surface area contributed by atoms with Gasteiger partial charge in [0.05, 0.1) is 6.61 Å². The van der Waals surface area contributed by atoms with Gasteiger partial charge in [-0.15, -0.1) is 12.4 Å². The molecule has 1 aliphatic carbocycles. The first-order chi connectivity index (χ1) is 11.1. The minimum atomic E-state index is -0.517. The maximum Gasteiger partial charge on any atom is 0.119 e. The van der Waals surface area contributed by atoms with Crippen molar-refractivity contribution in [2.75, 3.05) is 33.0 Å². The van der Waals surface area contributed by atoms with Crippen LogP contribution in [0.15, 0.2) is 24.3 Å². The maximum atomic E-state index is 9.80. The third-order valence-corrected chi connectivity index (χ3v) is 3.57. The zero-order valence-corrected chi connectivity index (χ0v) is 15.4. The lowest BCUT2D eigenvalue weighted by Gasteiger charge is -2.15. The fourth-order valence-corrected chi connectivity index (χ4v) is 2.01. The monoisotopic (exact) mass is 359 g/mol. The van der Waals surface area contributed by atoms with Crippen molar-refractivity contribution in [3.05, 3.63) is 24.3 Å². The summed E-state index contributed by atoms with van der Waals surface area (Å²) in [7, 11) is 0. The first-order valence-corrected chi connectivity index (χ1v) is 8.48. The molecule has 1 aromatic carbocycles. The van der Waals surface area contributed by atoms with E-state index in [9.17, 15) is 5.11 Å². The molecule has 0 bridgehead atoms. The van der Waals surface area contributed by atoms with Gasteiger partial charge in [-0.3, -0.25) is 0 Å². The summed E-state index contributed by atoms with van der Waals surface area (Å²) in [6, 6.07) is 7.80. The van der Waals surface area contributed by atoms with Crippen LogP contribution in [0.2, 0.25) is 0 Å². The summed E-state index contributed by atoms with van der Waals surface area (Å²) in [5, 5.41) is 13.0. The van der Waals surface area contributed by atoms with Gasteiger partial charge in [0.1, 0.15) is 30.8 Å². The molecule has 24 heavy (non-hydrogen) atoms. The number of hydrogen-bond donors (Lipinski definition) is 2. The second kappa shape index (κ2) is 11.5. The van der Waals surface area contributed by atoms with Gasteiger partial charge in [-0.25, -0.2) is 0 Å². The maximum absolute atomic E-state index is 9.80. The lowest BCUT2D eigenvalue weighted by molar-refractivity contribution is 0.0925.